The third-order valence-electron chi connectivity index (χ3n) is 7.43. The first-order valence-electron chi connectivity index (χ1n) is 13.5. The summed E-state index contributed by atoms with van der Waals surface area (Å²) in [5.74, 6) is 1.94. The second-order valence-electron chi connectivity index (χ2n) is 9.92. The normalized spacial score (nSPS) is 11.4. The average Bonchev–Trinajstić information content (AvgIpc) is 3.45. The van der Waals surface area contributed by atoms with Crippen LogP contribution in [0.25, 0.3) is 78.1 Å². The number of aromatic nitrogens is 4. The molecule has 0 amide bonds. The van der Waals surface area contributed by atoms with Gasteiger partial charge >= 0.3 is 0 Å². The van der Waals surface area contributed by atoms with Gasteiger partial charge in [-0.25, -0.2) is 19.9 Å². The summed E-state index contributed by atoms with van der Waals surface area (Å²) in [5.41, 5.74) is 6.59. The highest BCUT2D eigenvalue weighted by molar-refractivity contribution is 6.16. The van der Waals surface area contributed by atoms with Crippen molar-refractivity contribution in [2.45, 2.75) is 0 Å². The predicted molar refractivity (Wildman–Crippen MR) is 164 cm³/mol. The Morgan fingerprint density at radius 3 is 1.59 bits per heavy atom. The van der Waals surface area contributed by atoms with Crippen molar-refractivity contribution >= 4 is 32.8 Å². The van der Waals surface area contributed by atoms with Crippen LogP contribution in [0.2, 0.25) is 0 Å². The molecular weight excluding hydrogens is 504 g/mol. The number of benzene rings is 5. The maximum atomic E-state index is 6.20. The average molecular weight is 527 g/mol. The van der Waals surface area contributed by atoms with E-state index in [1.54, 1.807) is 6.20 Å². The van der Waals surface area contributed by atoms with E-state index in [-0.39, 0.29) is 0 Å². The van der Waals surface area contributed by atoms with Crippen LogP contribution in [-0.2, 0) is 0 Å². The fraction of sp³-hybridized carbons (Fsp3) is 0. The molecule has 0 bridgehead atoms. The van der Waals surface area contributed by atoms with Gasteiger partial charge in [-0.15, -0.1) is 0 Å². The Bertz CT molecular complexity index is 2130. The maximum Gasteiger partial charge on any atom is 0.227 e. The molecule has 0 N–H and O–H groups in total. The highest BCUT2D eigenvalue weighted by atomic mass is 16.3. The van der Waals surface area contributed by atoms with Crippen LogP contribution in [0.4, 0.5) is 0 Å². The molecule has 3 aromatic heterocycles. The number of hydrogen-bond acceptors (Lipinski definition) is 5. The summed E-state index contributed by atoms with van der Waals surface area (Å²) in [6.45, 7) is 0. The van der Waals surface area contributed by atoms with E-state index < -0.39 is 0 Å². The smallest absolute Gasteiger partial charge is 0.227 e. The topological polar surface area (TPSA) is 64.7 Å². The molecule has 5 aromatic carbocycles. The molecule has 0 atom stereocenters. The lowest BCUT2D eigenvalue weighted by molar-refractivity contribution is 0.657. The molecule has 0 aliphatic heterocycles. The second kappa shape index (κ2) is 9.50. The van der Waals surface area contributed by atoms with Gasteiger partial charge in [0.15, 0.2) is 17.5 Å². The van der Waals surface area contributed by atoms with E-state index in [0.717, 1.165) is 54.9 Å². The van der Waals surface area contributed by atoms with Gasteiger partial charge in [0.25, 0.3) is 0 Å². The molecule has 3 heterocycles. The minimum absolute atomic E-state index is 0.638. The van der Waals surface area contributed by atoms with Crippen LogP contribution in [0.5, 0.6) is 0 Å². The zero-order chi connectivity index (χ0) is 27.2. The zero-order valence-corrected chi connectivity index (χ0v) is 21.9. The molecule has 192 valence electrons. The molecule has 0 aliphatic carbocycles. The lowest BCUT2D eigenvalue weighted by atomic mass is 9.96. The highest BCUT2D eigenvalue weighted by Crippen LogP contribution is 2.37. The van der Waals surface area contributed by atoms with Crippen molar-refractivity contribution in [1.82, 2.24) is 19.9 Å². The van der Waals surface area contributed by atoms with Crippen molar-refractivity contribution in [3.05, 3.63) is 134 Å². The minimum atomic E-state index is 0.638. The Morgan fingerprint density at radius 1 is 0.390 bits per heavy atom. The van der Waals surface area contributed by atoms with Gasteiger partial charge < -0.3 is 4.42 Å². The first-order valence-corrected chi connectivity index (χ1v) is 13.5. The number of nitrogens with zero attached hydrogens (tertiary/aromatic N) is 4. The van der Waals surface area contributed by atoms with Crippen molar-refractivity contribution in [3.63, 3.8) is 0 Å². The Hall–Kier alpha value is -5.68. The number of pyridine rings is 1. The van der Waals surface area contributed by atoms with Crippen LogP contribution in [0.1, 0.15) is 0 Å². The van der Waals surface area contributed by atoms with Gasteiger partial charge in [-0.1, -0.05) is 109 Å². The standard InChI is InChI=1S/C36H22N4O/c1-3-9-24(10-4-1)33-38-34(25-11-5-2-6-12-25)40-35(39-33)26-18-16-23(17-19-26)27-13-7-14-29-28(27)20-21-30-31-15-8-22-37-36(31)41-32(29)30/h1-22H. The Morgan fingerprint density at radius 2 is 0.927 bits per heavy atom. The molecule has 0 spiro atoms. The predicted octanol–water partition coefficient (Wildman–Crippen LogP) is 8.99. The molecule has 0 saturated carbocycles. The van der Waals surface area contributed by atoms with Crippen LogP contribution in [-0.4, -0.2) is 19.9 Å². The lowest BCUT2D eigenvalue weighted by Crippen LogP contribution is -2.00. The third-order valence-corrected chi connectivity index (χ3v) is 7.43. The Labute approximate surface area is 235 Å². The molecule has 8 aromatic rings. The number of furan rings is 1. The SMILES string of the molecule is c1ccc(-c2nc(-c3ccccc3)nc(-c3ccc(-c4cccc5c4ccc4c6cccnc6oc54)cc3)n2)cc1. The second-order valence-corrected chi connectivity index (χ2v) is 9.92. The van der Waals surface area contributed by atoms with Crippen molar-refractivity contribution in [1.29, 1.82) is 0 Å². The number of hydrogen-bond donors (Lipinski definition) is 0. The minimum Gasteiger partial charge on any atom is -0.437 e. The van der Waals surface area contributed by atoms with E-state index in [2.05, 4.69) is 65.6 Å². The fourth-order valence-corrected chi connectivity index (χ4v) is 5.41. The van der Waals surface area contributed by atoms with Crippen LogP contribution >= 0.6 is 0 Å². The molecule has 41 heavy (non-hydrogen) atoms. The summed E-state index contributed by atoms with van der Waals surface area (Å²) in [5, 5.41) is 4.30. The molecule has 0 radical (unpaired) electrons. The molecule has 0 fully saturated rings. The molecule has 5 heteroatoms. The van der Waals surface area contributed by atoms with E-state index in [1.807, 2.05) is 66.7 Å². The molecule has 0 aliphatic rings. The van der Waals surface area contributed by atoms with E-state index in [0.29, 0.717) is 23.2 Å². The monoisotopic (exact) mass is 526 g/mol. The van der Waals surface area contributed by atoms with Gasteiger partial charge in [0, 0.05) is 39.0 Å². The summed E-state index contributed by atoms with van der Waals surface area (Å²) in [7, 11) is 0. The molecule has 8 rings (SSSR count). The summed E-state index contributed by atoms with van der Waals surface area (Å²) >= 11 is 0. The summed E-state index contributed by atoms with van der Waals surface area (Å²) < 4.78 is 6.20. The van der Waals surface area contributed by atoms with Gasteiger partial charge in [0.05, 0.1) is 0 Å². The molecular formula is C36H22N4O. The maximum absolute atomic E-state index is 6.20. The van der Waals surface area contributed by atoms with Gasteiger partial charge in [-0.05, 0) is 34.7 Å². The number of rotatable bonds is 4. The van der Waals surface area contributed by atoms with Crippen molar-refractivity contribution < 1.29 is 4.42 Å². The quantitative estimate of drug-likeness (QED) is 0.229. The Kier molecular flexibility index (Phi) is 5.38. The van der Waals surface area contributed by atoms with E-state index in [1.165, 1.54) is 0 Å². The van der Waals surface area contributed by atoms with Gasteiger partial charge in [0.2, 0.25) is 5.71 Å². The van der Waals surface area contributed by atoms with Gasteiger partial charge in [-0.2, -0.15) is 0 Å². The third kappa shape index (κ3) is 4.03. The highest BCUT2D eigenvalue weighted by Gasteiger charge is 2.15. The first-order chi connectivity index (χ1) is 20.3. The van der Waals surface area contributed by atoms with E-state index in [4.69, 9.17) is 19.4 Å². The Balaban J connectivity index is 1.23. The van der Waals surface area contributed by atoms with Crippen molar-refractivity contribution in [3.8, 4) is 45.3 Å². The van der Waals surface area contributed by atoms with Gasteiger partial charge in [-0.3, -0.25) is 0 Å². The van der Waals surface area contributed by atoms with Crippen LogP contribution in [0, 0.1) is 0 Å². The lowest BCUT2D eigenvalue weighted by Gasteiger charge is -2.10. The van der Waals surface area contributed by atoms with Crippen LogP contribution in [0.15, 0.2) is 138 Å². The van der Waals surface area contributed by atoms with Crippen molar-refractivity contribution in [2.75, 3.05) is 0 Å². The van der Waals surface area contributed by atoms with Gasteiger partial charge in [0.1, 0.15) is 5.58 Å². The van der Waals surface area contributed by atoms with Crippen LogP contribution in [0.3, 0.4) is 0 Å². The molecule has 0 saturated heterocycles. The molecule has 5 nitrogen and oxygen atoms in total. The molecule has 0 unspecified atom stereocenters. The van der Waals surface area contributed by atoms with E-state index >= 15 is 0 Å². The summed E-state index contributed by atoms with van der Waals surface area (Å²) in [6.07, 6.45) is 1.76. The summed E-state index contributed by atoms with van der Waals surface area (Å²) in [6, 6.07) is 43.1. The largest absolute Gasteiger partial charge is 0.437 e. The zero-order valence-electron chi connectivity index (χ0n) is 21.9. The fourth-order valence-electron chi connectivity index (χ4n) is 5.41. The summed E-state index contributed by atoms with van der Waals surface area (Å²) in [4.78, 5) is 18.9. The van der Waals surface area contributed by atoms with E-state index in [9.17, 15) is 0 Å². The number of fused-ring (bicyclic) bond motifs is 5. The van der Waals surface area contributed by atoms with Crippen LogP contribution < -0.4 is 0 Å². The first kappa shape index (κ1) is 23.2. The van der Waals surface area contributed by atoms with Crippen molar-refractivity contribution in [2.24, 2.45) is 0 Å².